The predicted molar refractivity (Wildman–Crippen MR) is 80.7 cm³/mol. The minimum atomic E-state index is -0.326. The molecule has 0 aliphatic heterocycles. The average molecular weight is 308 g/mol. The predicted octanol–water partition coefficient (Wildman–Crippen LogP) is 2.86. The molecule has 1 aromatic carbocycles. The molecule has 2 rings (SSSR count). The van der Waals surface area contributed by atoms with Crippen molar-refractivity contribution in [1.29, 1.82) is 0 Å². The average Bonchev–Trinajstić information content (AvgIpc) is 2.97. The highest BCUT2D eigenvalue weighted by atomic mass is 35.5. The number of hydrogen-bond donors (Lipinski definition) is 1. The smallest absolute Gasteiger partial charge is 0.306 e. The van der Waals surface area contributed by atoms with Crippen LogP contribution < -0.4 is 5.32 Å². The summed E-state index contributed by atoms with van der Waals surface area (Å²) in [6, 6.07) is 7.19. The molecule has 1 N–H and O–H groups in total. The number of ether oxygens (including phenoxy) is 1. The Balaban J connectivity index is 1.63. The van der Waals surface area contributed by atoms with Gasteiger partial charge in [-0.1, -0.05) is 35.9 Å². The Kier molecular flexibility index (Phi) is 5.81. The molecule has 0 bridgehead atoms. The van der Waals surface area contributed by atoms with Gasteiger partial charge in [-0.05, 0) is 36.5 Å². The molecular weight excluding hydrogens is 290 g/mol. The summed E-state index contributed by atoms with van der Waals surface area (Å²) in [5.74, 6) is -0.372. The lowest BCUT2D eigenvalue weighted by Crippen LogP contribution is -2.28. The van der Waals surface area contributed by atoms with Crippen molar-refractivity contribution in [2.75, 3.05) is 6.61 Å². The van der Waals surface area contributed by atoms with Gasteiger partial charge in [0.25, 0.3) is 5.91 Å². The van der Waals surface area contributed by atoms with Crippen LogP contribution in [0.15, 0.2) is 36.4 Å². The monoisotopic (exact) mass is 307 g/mol. The lowest BCUT2D eigenvalue weighted by atomic mass is 10.1. The number of amides is 1. The minimum absolute atomic E-state index is 0.233. The van der Waals surface area contributed by atoms with Gasteiger partial charge in [-0.3, -0.25) is 9.59 Å². The molecule has 112 valence electrons. The molecule has 0 aromatic heterocycles. The van der Waals surface area contributed by atoms with Gasteiger partial charge < -0.3 is 10.1 Å². The van der Waals surface area contributed by atoms with E-state index in [1.165, 1.54) is 0 Å². The van der Waals surface area contributed by atoms with Crippen LogP contribution in [0, 0.1) is 5.92 Å². The lowest BCUT2D eigenvalue weighted by molar-refractivity contribution is -0.149. The number of allylic oxidation sites excluding steroid dienone is 2. The van der Waals surface area contributed by atoms with Crippen molar-refractivity contribution in [2.24, 2.45) is 5.92 Å². The summed E-state index contributed by atoms with van der Waals surface area (Å²) in [6.07, 6.45) is 6.44. The Hall–Kier alpha value is -1.81. The number of esters is 1. The Morgan fingerprint density at radius 3 is 2.71 bits per heavy atom. The van der Waals surface area contributed by atoms with Crippen LogP contribution in [-0.2, 0) is 20.9 Å². The zero-order valence-electron chi connectivity index (χ0n) is 11.7. The highest BCUT2D eigenvalue weighted by Gasteiger charge is 2.15. The number of hydrogen-bond acceptors (Lipinski definition) is 3. The van der Waals surface area contributed by atoms with Crippen LogP contribution in [0.2, 0.25) is 5.02 Å². The quantitative estimate of drug-likeness (QED) is 0.649. The lowest BCUT2D eigenvalue weighted by Gasteiger charge is -2.09. The molecule has 0 spiro atoms. The summed E-state index contributed by atoms with van der Waals surface area (Å²) in [5, 5.41) is 3.35. The van der Waals surface area contributed by atoms with E-state index in [1.54, 1.807) is 12.1 Å². The third-order valence-electron chi connectivity index (χ3n) is 3.31. The molecule has 1 aliphatic carbocycles. The molecule has 0 heterocycles. The Bertz CT molecular complexity index is 525. The van der Waals surface area contributed by atoms with Gasteiger partial charge in [0.15, 0.2) is 6.61 Å². The third kappa shape index (κ3) is 5.60. The summed E-state index contributed by atoms with van der Waals surface area (Å²) in [6.45, 7) is 0.155. The molecule has 1 aliphatic rings. The molecule has 0 fully saturated rings. The van der Waals surface area contributed by atoms with E-state index in [4.69, 9.17) is 16.3 Å². The van der Waals surface area contributed by atoms with E-state index in [-0.39, 0.29) is 24.4 Å². The number of carbonyl (C=O) groups excluding carboxylic acids is 2. The molecule has 1 aromatic rings. The van der Waals surface area contributed by atoms with Gasteiger partial charge in [-0.25, -0.2) is 0 Å². The van der Waals surface area contributed by atoms with Gasteiger partial charge in [-0.15, -0.1) is 0 Å². The van der Waals surface area contributed by atoms with Gasteiger partial charge in [0.2, 0.25) is 0 Å². The van der Waals surface area contributed by atoms with Crippen LogP contribution >= 0.6 is 11.6 Å². The van der Waals surface area contributed by atoms with E-state index in [1.807, 2.05) is 18.2 Å². The maximum Gasteiger partial charge on any atom is 0.306 e. The van der Waals surface area contributed by atoms with E-state index >= 15 is 0 Å². The van der Waals surface area contributed by atoms with Gasteiger partial charge in [0, 0.05) is 11.6 Å². The van der Waals surface area contributed by atoms with E-state index in [2.05, 4.69) is 11.4 Å². The van der Waals surface area contributed by atoms with Gasteiger partial charge in [0.1, 0.15) is 0 Å². The summed E-state index contributed by atoms with van der Waals surface area (Å²) >= 11 is 5.78. The third-order valence-corrected chi connectivity index (χ3v) is 3.56. The zero-order chi connectivity index (χ0) is 15.1. The first-order chi connectivity index (χ1) is 10.1. The van der Waals surface area contributed by atoms with Crippen LogP contribution in [0.3, 0.4) is 0 Å². The second-order valence-electron chi connectivity index (χ2n) is 5.03. The van der Waals surface area contributed by atoms with Crippen molar-refractivity contribution >= 4 is 23.5 Å². The van der Waals surface area contributed by atoms with Gasteiger partial charge >= 0.3 is 5.97 Å². The fourth-order valence-corrected chi connectivity index (χ4v) is 2.26. The number of rotatable bonds is 6. The Labute approximate surface area is 129 Å². The second kappa shape index (κ2) is 7.84. The van der Waals surface area contributed by atoms with Crippen molar-refractivity contribution in [3.05, 3.63) is 47.0 Å². The molecule has 0 radical (unpaired) electrons. The van der Waals surface area contributed by atoms with E-state index in [9.17, 15) is 9.59 Å². The summed E-state index contributed by atoms with van der Waals surface area (Å²) in [7, 11) is 0. The second-order valence-corrected chi connectivity index (χ2v) is 5.47. The fourth-order valence-electron chi connectivity index (χ4n) is 2.14. The molecule has 21 heavy (non-hydrogen) atoms. The van der Waals surface area contributed by atoms with Crippen LogP contribution in [0.1, 0.15) is 24.8 Å². The van der Waals surface area contributed by atoms with Crippen molar-refractivity contribution in [3.63, 3.8) is 0 Å². The number of nitrogens with one attached hydrogen (secondary N) is 1. The first kappa shape index (κ1) is 15.6. The van der Waals surface area contributed by atoms with Crippen LogP contribution in [0.5, 0.6) is 0 Å². The maximum absolute atomic E-state index is 11.6. The Morgan fingerprint density at radius 2 is 2.05 bits per heavy atom. The molecule has 0 saturated heterocycles. The molecule has 1 atom stereocenters. The van der Waals surface area contributed by atoms with E-state index in [0.29, 0.717) is 18.0 Å². The van der Waals surface area contributed by atoms with E-state index in [0.717, 1.165) is 18.4 Å². The van der Waals surface area contributed by atoms with Crippen molar-refractivity contribution < 1.29 is 14.3 Å². The molecule has 1 amide bonds. The summed E-state index contributed by atoms with van der Waals surface area (Å²) in [4.78, 5) is 23.2. The molecule has 0 saturated carbocycles. The van der Waals surface area contributed by atoms with Gasteiger partial charge in [0.05, 0.1) is 6.42 Å². The molecule has 0 unspecified atom stereocenters. The van der Waals surface area contributed by atoms with Gasteiger partial charge in [-0.2, -0.15) is 0 Å². The van der Waals surface area contributed by atoms with Crippen molar-refractivity contribution in [2.45, 2.75) is 25.8 Å². The zero-order valence-corrected chi connectivity index (χ0v) is 12.4. The normalized spacial score (nSPS) is 16.7. The minimum Gasteiger partial charge on any atom is -0.456 e. The number of benzene rings is 1. The Morgan fingerprint density at radius 1 is 1.29 bits per heavy atom. The highest BCUT2D eigenvalue weighted by molar-refractivity contribution is 6.30. The first-order valence-corrected chi connectivity index (χ1v) is 7.34. The molecule has 4 nitrogen and oxygen atoms in total. The molecule has 5 heteroatoms. The fraction of sp³-hybridized carbons (Fsp3) is 0.375. The van der Waals surface area contributed by atoms with Crippen molar-refractivity contribution in [1.82, 2.24) is 5.32 Å². The standard InChI is InChI=1S/C16H18ClNO3/c17-14-7-5-13(6-8-14)10-18-15(19)11-21-16(20)9-12-3-1-2-4-12/h1,3,5-8,12H,2,4,9-11H2,(H,18,19)/t12-/m1/s1. The number of carbonyl (C=O) groups is 2. The van der Waals surface area contributed by atoms with Crippen LogP contribution in [0.25, 0.3) is 0 Å². The van der Waals surface area contributed by atoms with Crippen molar-refractivity contribution in [3.8, 4) is 0 Å². The van der Waals surface area contributed by atoms with E-state index < -0.39 is 0 Å². The largest absolute Gasteiger partial charge is 0.456 e. The maximum atomic E-state index is 11.6. The topological polar surface area (TPSA) is 55.4 Å². The molecular formula is C16H18ClNO3. The number of halogens is 1. The van der Waals surface area contributed by atoms with Crippen LogP contribution in [0.4, 0.5) is 0 Å². The van der Waals surface area contributed by atoms with Crippen LogP contribution in [-0.4, -0.2) is 18.5 Å². The first-order valence-electron chi connectivity index (χ1n) is 6.97. The summed E-state index contributed by atoms with van der Waals surface area (Å²) in [5.41, 5.74) is 0.940. The highest BCUT2D eigenvalue weighted by Crippen LogP contribution is 2.20. The SMILES string of the molecule is O=C(COC(=O)C[C@@H]1C=CCC1)NCc1ccc(Cl)cc1. The summed E-state index contributed by atoms with van der Waals surface area (Å²) < 4.78 is 4.97.